The molecule has 1 fully saturated rings. The average Bonchev–Trinajstić information content (AvgIpc) is 2.57. The number of hydrogen-bond acceptors (Lipinski definition) is 4. The van der Waals surface area contributed by atoms with Crippen LogP contribution in [-0.4, -0.2) is 44.9 Å². The van der Waals surface area contributed by atoms with Gasteiger partial charge in [0.1, 0.15) is 0 Å². The molecule has 0 bridgehead atoms. The van der Waals surface area contributed by atoms with E-state index in [1.807, 2.05) is 0 Å². The van der Waals surface area contributed by atoms with Crippen LogP contribution < -0.4 is 0 Å². The minimum absolute atomic E-state index is 0.0240. The molecule has 1 rings (SSSR count). The summed E-state index contributed by atoms with van der Waals surface area (Å²) in [5.41, 5.74) is 1.11. The molecule has 1 saturated heterocycles. The smallest absolute Gasteiger partial charge is 0.193 e. The van der Waals surface area contributed by atoms with Crippen LogP contribution >= 0.6 is 23.5 Å². The van der Waals surface area contributed by atoms with E-state index in [1.54, 1.807) is 0 Å². The molecule has 1 aliphatic heterocycles. The third-order valence-electron chi connectivity index (χ3n) is 7.43. The van der Waals surface area contributed by atoms with Crippen LogP contribution in [0.15, 0.2) is 12.2 Å². The summed E-state index contributed by atoms with van der Waals surface area (Å²) in [4.78, 5) is 0. The molecule has 6 heteroatoms. The van der Waals surface area contributed by atoms with E-state index in [0.717, 1.165) is 16.6 Å². The normalized spacial score (nSPS) is 20.4. The first-order chi connectivity index (χ1) is 13.9. The van der Waals surface area contributed by atoms with E-state index in [0.29, 0.717) is 5.92 Å². The highest BCUT2D eigenvalue weighted by molar-refractivity contribution is 8.17. The molecule has 0 N–H and O–H groups in total. The summed E-state index contributed by atoms with van der Waals surface area (Å²) >= 11 is 4.31. The molecule has 2 nitrogen and oxygen atoms in total. The largest absolute Gasteiger partial charge is 0.411 e. The van der Waals surface area contributed by atoms with Gasteiger partial charge in [-0.05, 0) is 79.9 Å². The molecule has 0 aliphatic carbocycles. The molecule has 3 atom stereocenters. The minimum atomic E-state index is -1.94. The Morgan fingerprint density at radius 1 is 0.935 bits per heavy atom. The van der Waals surface area contributed by atoms with E-state index in [1.165, 1.54) is 24.3 Å². The van der Waals surface area contributed by atoms with Gasteiger partial charge in [0.2, 0.25) is 0 Å². The van der Waals surface area contributed by atoms with E-state index < -0.39 is 16.6 Å². The van der Waals surface area contributed by atoms with Crippen LogP contribution in [0, 0.1) is 5.92 Å². The van der Waals surface area contributed by atoms with Crippen LogP contribution in [0.5, 0.6) is 0 Å². The molecule has 0 aromatic carbocycles. The standard InChI is InChI=1S/C25H52O2S2Si2/c1-19(2)23(27-31(12,13)25(7,8)9)21(26-30(10,11)24(4,5)6)17-20(3)18-22-28-15-14-16-29-22/h20-23H,1,14-18H2,2-13H3/t20-,21-,23+/m0/s1. The van der Waals surface area contributed by atoms with E-state index >= 15 is 0 Å². The lowest BCUT2D eigenvalue weighted by atomic mass is 9.95. The summed E-state index contributed by atoms with van der Waals surface area (Å²) in [5, 5.41) is 0.351. The second-order valence-corrected chi connectivity index (χ2v) is 25.1. The Labute approximate surface area is 205 Å². The van der Waals surface area contributed by atoms with Crippen molar-refractivity contribution in [1.82, 2.24) is 0 Å². The van der Waals surface area contributed by atoms with Gasteiger partial charge in [0.05, 0.1) is 16.8 Å². The fourth-order valence-electron chi connectivity index (χ4n) is 3.27. The summed E-state index contributed by atoms with van der Waals surface area (Å²) in [5.74, 6) is 3.25. The van der Waals surface area contributed by atoms with Crippen molar-refractivity contribution in [3.8, 4) is 0 Å². The summed E-state index contributed by atoms with van der Waals surface area (Å²) < 4.78 is 14.8. The molecule has 0 saturated carbocycles. The molecular formula is C25H52O2S2Si2. The molecular weight excluding hydrogens is 453 g/mol. The Balaban J connectivity index is 3.13. The van der Waals surface area contributed by atoms with Gasteiger partial charge in [0.25, 0.3) is 0 Å². The molecule has 1 aliphatic rings. The Bertz CT molecular complexity index is 573. The third-order valence-corrected chi connectivity index (χ3v) is 19.4. The van der Waals surface area contributed by atoms with Gasteiger partial charge in [-0.1, -0.05) is 60.6 Å². The minimum Gasteiger partial charge on any atom is -0.411 e. The van der Waals surface area contributed by atoms with Crippen LogP contribution in [0.1, 0.15) is 74.7 Å². The predicted molar refractivity (Wildman–Crippen MR) is 151 cm³/mol. The van der Waals surface area contributed by atoms with E-state index in [-0.39, 0.29) is 22.3 Å². The van der Waals surface area contributed by atoms with Gasteiger partial charge in [-0.15, -0.1) is 23.5 Å². The van der Waals surface area contributed by atoms with E-state index in [4.69, 9.17) is 8.85 Å². The molecule has 0 unspecified atom stereocenters. The van der Waals surface area contributed by atoms with Crippen molar-refractivity contribution in [2.24, 2.45) is 5.92 Å². The van der Waals surface area contributed by atoms with Crippen molar-refractivity contribution < 1.29 is 8.85 Å². The van der Waals surface area contributed by atoms with Gasteiger partial charge in [0.15, 0.2) is 16.6 Å². The second kappa shape index (κ2) is 11.5. The molecule has 0 aromatic rings. The van der Waals surface area contributed by atoms with Crippen molar-refractivity contribution in [3.05, 3.63) is 12.2 Å². The van der Waals surface area contributed by atoms with Crippen molar-refractivity contribution in [2.75, 3.05) is 11.5 Å². The van der Waals surface area contributed by atoms with Gasteiger partial charge in [0, 0.05) is 0 Å². The van der Waals surface area contributed by atoms with Crippen molar-refractivity contribution >= 4 is 40.2 Å². The zero-order chi connectivity index (χ0) is 24.3. The average molecular weight is 505 g/mol. The Morgan fingerprint density at radius 3 is 1.81 bits per heavy atom. The maximum Gasteiger partial charge on any atom is 0.193 e. The molecule has 0 spiro atoms. The lowest BCUT2D eigenvalue weighted by Gasteiger charge is -2.46. The molecule has 1 heterocycles. The molecule has 184 valence electrons. The topological polar surface area (TPSA) is 18.5 Å². The molecule has 31 heavy (non-hydrogen) atoms. The summed E-state index contributed by atoms with van der Waals surface area (Å²) in [6, 6.07) is 0. The molecule has 0 radical (unpaired) electrons. The predicted octanol–water partition coefficient (Wildman–Crippen LogP) is 8.96. The zero-order valence-corrected chi connectivity index (χ0v) is 26.3. The maximum atomic E-state index is 7.11. The molecule has 0 aromatic heterocycles. The Morgan fingerprint density at radius 2 is 1.39 bits per heavy atom. The van der Waals surface area contributed by atoms with Crippen molar-refractivity contribution in [2.45, 2.75) is 128 Å². The van der Waals surface area contributed by atoms with Crippen LogP contribution in [-0.2, 0) is 8.85 Å². The summed E-state index contributed by atoms with van der Waals surface area (Å²) in [6.45, 7) is 32.3. The van der Waals surface area contributed by atoms with Crippen LogP contribution in [0.2, 0.25) is 36.3 Å². The van der Waals surface area contributed by atoms with E-state index in [2.05, 4.69) is 112 Å². The second-order valence-electron chi connectivity index (χ2n) is 12.7. The van der Waals surface area contributed by atoms with Crippen molar-refractivity contribution in [1.29, 1.82) is 0 Å². The van der Waals surface area contributed by atoms with Gasteiger partial charge in [-0.3, -0.25) is 0 Å². The van der Waals surface area contributed by atoms with Gasteiger partial charge in [-0.2, -0.15) is 0 Å². The fourth-order valence-corrected chi connectivity index (χ4v) is 9.16. The maximum absolute atomic E-state index is 7.11. The summed E-state index contributed by atoms with van der Waals surface area (Å²) in [6.07, 6.45) is 3.73. The zero-order valence-electron chi connectivity index (χ0n) is 22.7. The van der Waals surface area contributed by atoms with E-state index in [9.17, 15) is 0 Å². The highest BCUT2D eigenvalue weighted by Crippen LogP contribution is 2.43. The first-order valence-corrected chi connectivity index (χ1v) is 20.0. The van der Waals surface area contributed by atoms with Crippen LogP contribution in [0.4, 0.5) is 0 Å². The lowest BCUT2D eigenvalue weighted by Crippen LogP contribution is -2.52. The Hall–Kier alpha value is 0.794. The van der Waals surface area contributed by atoms with Gasteiger partial charge < -0.3 is 8.85 Å². The number of thioether (sulfide) groups is 2. The highest BCUT2D eigenvalue weighted by Gasteiger charge is 2.45. The first kappa shape index (κ1) is 29.8. The quantitative estimate of drug-likeness (QED) is 0.218. The lowest BCUT2D eigenvalue weighted by molar-refractivity contribution is 0.0416. The highest BCUT2D eigenvalue weighted by atomic mass is 32.2. The van der Waals surface area contributed by atoms with Crippen LogP contribution in [0.3, 0.4) is 0 Å². The number of hydrogen-bond donors (Lipinski definition) is 0. The SMILES string of the molecule is C=C(C)[C@@H](O[Si](C)(C)C(C)(C)C)[C@H](C[C@H](C)CC1SCCCS1)O[Si](C)(C)C(C)(C)C. The number of rotatable bonds is 10. The van der Waals surface area contributed by atoms with Gasteiger partial charge >= 0.3 is 0 Å². The summed E-state index contributed by atoms with van der Waals surface area (Å²) in [7, 11) is -3.87. The van der Waals surface area contributed by atoms with Crippen LogP contribution in [0.25, 0.3) is 0 Å². The fraction of sp³-hybridized carbons (Fsp3) is 0.920. The third kappa shape index (κ3) is 9.16. The Kier molecular flexibility index (Phi) is 11.0. The first-order valence-electron chi connectivity index (χ1n) is 12.1. The van der Waals surface area contributed by atoms with Gasteiger partial charge in [-0.25, -0.2) is 0 Å². The molecule has 0 amide bonds. The van der Waals surface area contributed by atoms with Crippen molar-refractivity contribution in [3.63, 3.8) is 0 Å². The monoisotopic (exact) mass is 504 g/mol.